The van der Waals surface area contributed by atoms with E-state index in [1.54, 1.807) is 12.1 Å². The van der Waals surface area contributed by atoms with Gasteiger partial charge in [-0.05, 0) is 23.6 Å². The topological polar surface area (TPSA) is 97.5 Å². The Hall–Kier alpha value is -0.960. The van der Waals surface area contributed by atoms with E-state index >= 15 is 0 Å². The van der Waals surface area contributed by atoms with Gasteiger partial charge in [0.05, 0.1) is 16.4 Å². The molecule has 8 heteroatoms. The number of nitrogens with zero attached hydrogens (tertiary/aromatic N) is 1. The van der Waals surface area contributed by atoms with Gasteiger partial charge in [0, 0.05) is 19.6 Å². The van der Waals surface area contributed by atoms with Crippen molar-refractivity contribution in [3.63, 3.8) is 0 Å². The van der Waals surface area contributed by atoms with Gasteiger partial charge in [-0.15, -0.1) is 0 Å². The minimum absolute atomic E-state index is 0.0146. The van der Waals surface area contributed by atoms with Crippen molar-refractivity contribution in [2.75, 3.05) is 24.6 Å². The molecule has 118 valence electrons. The van der Waals surface area contributed by atoms with Gasteiger partial charge in [-0.3, -0.25) is 0 Å². The van der Waals surface area contributed by atoms with Crippen LogP contribution in [0.25, 0.3) is 0 Å². The first kappa shape index (κ1) is 16.4. The predicted molar refractivity (Wildman–Crippen MR) is 81.1 cm³/mol. The smallest absolute Gasteiger partial charge is 0.243 e. The SMILES string of the molecule is CCc1ccc(CN)cc1S(=O)(=O)N1CCS(=O)(=O)CC1. The minimum atomic E-state index is -3.67. The highest BCUT2D eigenvalue weighted by molar-refractivity contribution is 7.92. The van der Waals surface area contributed by atoms with E-state index in [9.17, 15) is 16.8 Å². The Morgan fingerprint density at radius 3 is 2.38 bits per heavy atom. The standard InChI is InChI=1S/C13H20N2O4S2/c1-2-12-4-3-11(10-14)9-13(12)21(18,19)15-5-7-20(16,17)8-6-15/h3-4,9H,2,5-8,10,14H2,1H3. The molecule has 1 fully saturated rings. The Morgan fingerprint density at radius 2 is 1.86 bits per heavy atom. The highest BCUT2D eigenvalue weighted by Crippen LogP contribution is 2.24. The van der Waals surface area contributed by atoms with Crippen LogP contribution in [0.1, 0.15) is 18.1 Å². The summed E-state index contributed by atoms with van der Waals surface area (Å²) < 4.78 is 49.6. The number of aryl methyl sites for hydroxylation is 1. The Kier molecular flexibility index (Phi) is 4.72. The summed E-state index contributed by atoms with van der Waals surface area (Å²) in [5, 5.41) is 0. The van der Waals surface area contributed by atoms with Crippen LogP contribution in [0.4, 0.5) is 0 Å². The molecule has 2 N–H and O–H groups in total. The van der Waals surface area contributed by atoms with E-state index in [-0.39, 0.29) is 36.0 Å². The molecule has 0 spiro atoms. The third kappa shape index (κ3) is 3.45. The van der Waals surface area contributed by atoms with Crippen LogP contribution in [0.3, 0.4) is 0 Å². The largest absolute Gasteiger partial charge is 0.326 e. The zero-order chi connectivity index (χ0) is 15.7. The maximum atomic E-state index is 12.7. The molecule has 0 aliphatic carbocycles. The average molecular weight is 332 g/mol. The lowest BCUT2D eigenvalue weighted by atomic mass is 10.1. The summed E-state index contributed by atoms with van der Waals surface area (Å²) in [6.07, 6.45) is 0.589. The van der Waals surface area contributed by atoms with Gasteiger partial charge in [-0.25, -0.2) is 16.8 Å². The summed E-state index contributed by atoms with van der Waals surface area (Å²) in [5.41, 5.74) is 7.05. The number of benzene rings is 1. The van der Waals surface area contributed by atoms with Crippen LogP contribution in [-0.2, 0) is 32.8 Å². The molecule has 0 atom stereocenters. The van der Waals surface area contributed by atoms with Crippen molar-refractivity contribution in [1.82, 2.24) is 4.31 Å². The first-order valence-corrected chi connectivity index (χ1v) is 10.1. The van der Waals surface area contributed by atoms with Gasteiger partial charge in [0.15, 0.2) is 9.84 Å². The number of hydrogen-bond acceptors (Lipinski definition) is 5. The molecule has 21 heavy (non-hydrogen) atoms. The second-order valence-corrected chi connectivity index (χ2v) is 9.27. The molecule has 0 aromatic heterocycles. The summed E-state index contributed by atoms with van der Waals surface area (Å²) in [6.45, 7) is 2.18. The van der Waals surface area contributed by atoms with Gasteiger partial charge in [0.2, 0.25) is 10.0 Å². The van der Waals surface area contributed by atoms with Crippen molar-refractivity contribution in [3.05, 3.63) is 29.3 Å². The Morgan fingerprint density at radius 1 is 1.24 bits per heavy atom. The number of sulfonamides is 1. The summed E-state index contributed by atoms with van der Waals surface area (Å²) in [6, 6.07) is 5.19. The quantitative estimate of drug-likeness (QED) is 0.845. The zero-order valence-electron chi connectivity index (χ0n) is 11.9. The van der Waals surface area contributed by atoms with Crippen LogP contribution in [0.15, 0.2) is 23.1 Å². The number of sulfone groups is 1. The van der Waals surface area contributed by atoms with Gasteiger partial charge >= 0.3 is 0 Å². The minimum Gasteiger partial charge on any atom is -0.326 e. The fraction of sp³-hybridized carbons (Fsp3) is 0.538. The van der Waals surface area contributed by atoms with Crippen molar-refractivity contribution >= 4 is 19.9 Å². The molecule has 1 heterocycles. The molecule has 0 amide bonds. The number of hydrogen-bond donors (Lipinski definition) is 1. The molecular weight excluding hydrogens is 312 g/mol. The molecule has 0 saturated carbocycles. The van der Waals surface area contributed by atoms with Crippen molar-refractivity contribution in [2.45, 2.75) is 24.8 Å². The lowest BCUT2D eigenvalue weighted by Gasteiger charge is -2.27. The molecule has 0 radical (unpaired) electrons. The van der Waals surface area contributed by atoms with Crippen molar-refractivity contribution in [2.24, 2.45) is 5.73 Å². The molecule has 2 rings (SSSR count). The Labute approximate surface area is 125 Å². The van der Waals surface area contributed by atoms with Crippen LogP contribution in [0, 0.1) is 0 Å². The van der Waals surface area contributed by atoms with E-state index in [0.717, 1.165) is 11.1 Å². The maximum absolute atomic E-state index is 12.7. The molecule has 1 aliphatic heterocycles. The molecule has 1 saturated heterocycles. The summed E-state index contributed by atoms with van der Waals surface area (Å²) in [5.74, 6) is -0.242. The number of nitrogens with two attached hydrogens (primary N) is 1. The van der Waals surface area contributed by atoms with Crippen LogP contribution in [-0.4, -0.2) is 45.7 Å². The van der Waals surface area contributed by atoms with Gasteiger partial charge in [-0.2, -0.15) is 4.31 Å². The zero-order valence-corrected chi connectivity index (χ0v) is 13.6. The molecule has 6 nitrogen and oxygen atoms in total. The van der Waals surface area contributed by atoms with Crippen molar-refractivity contribution < 1.29 is 16.8 Å². The lowest BCUT2D eigenvalue weighted by Crippen LogP contribution is -2.43. The Bertz CT molecular complexity index is 713. The second kappa shape index (κ2) is 6.04. The third-order valence-corrected chi connectivity index (χ3v) is 7.26. The third-order valence-electron chi connectivity index (χ3n) is 3.67. The second-order valence-electron chi connectivity index (χ2n) is 5.06. The van der Waals surface area contributed by atoms with Crippen LogP contribution >= 0.6 is 0 Å². The van der Waals surface area contributed by atoms with Crippen LogP contribution in [0.5, 0.6) is 0 Å². The highest BCUT2D eigenvalue weighted by atomic mass is 32.2. The van der Waals surface area contributed by atoms with Gasteiger partial charge in [-0.1, -0.05) is 19.1 Å². The molecule has 0 bridgehead atoms. The molecular formula is C13H20N2O4S2. The van der Waals surface area contributed by atoms with E-state index in [4.69, 9.17) is 5.73 Å². The molecule has 1 aromatic rings. The lowest BCUT2D eigenvalue weighted by molar-refractivity contribution is 0.430. The average Bonchev–Trinajstić information content (AvgIpc) is 2.46. The van der Waals surface area contributed by atoms with E-state index < -0.39 is 19.9 Å². The van der Waals surface area contributed by atoms with E-state index in [2.05, 4.69) is 0 Å². The summed E-state index contributed by atoms with van der Waals surface area (Å²) in [4.78, 5) is 0.243. The Balaban J connectivity index is 2.40. The fourth-order valence-corrected chi connectivity index (χ4v) is 5.55. The van der Waals surface area contributed by atoms with Crippen molar-refractivity contribution in [3.8, 4) is 0 Å². The van der Waals surface area contributed by atoms with E-state index in [0.29, 0.717) is 6.42 Å². The van der Waals surface area contributed by atoms with Crippen LogP contribution in [0.2, 0.25) is 0 Å². The monoisotopic (exact) mass is 332 g/mol. The fourth-order valence-electron chi connectivity index (χ4n) is 2.33. The van der Waals surface area contributed by atoms with Gasteiger partial charge < -0.3 is 5.73 Å². The normalized spacial score (nSPS) is 19.5. The van der Waals surface area contributed by atoms with E-state index in [1.807, 2.05) is 13.0 Å². The first-order chi connectivity index (χ1) is 9.80. The molecule has 1 aliphatic rings. The first-order valence-electron chi connectivity index (χ1n) is 6.82. The molecule has 1 aromatic carbocycles. The van der Waals surface area contributed by atoms with Crippen molar-refractivity contribution in [1.29, 1.82) is 0 Å². The summed E-state index contributed by atoms with van der Waals surface area (Å²) >= 11 is 0. The molecule has 0 unspecified atom stereocenters. The van der Waals surface area contributed by atoms with E-state index in [1.165, 1.54) is 4.31 Å². The van der Waals surface area contributed by atoms with Gasteiger partial charge in [0.25, 0.3) is 0 Å². The highest BCUT2D eigenvalue weighted by Gasteiger charge is 2.32. The number of rotatable bonds is 4. The maximum Gasteiger partial charge on any atom is 0.243 e. The summed E-state index contributed by atoms with van der Waals surface area (Å²) in [7, 11) is -6.79. The van der Waals surface area contributed by atoms with Crippen LogP contribution < -0.4 is 5.73 Å². The van der Waals surface area contributed by atoms with Gasteiger partial charge in [0.1, 0.15) is 0 Å². The predicted octanol–water partition coefficient (Wildman–Crippen LogP) is 0.127.